The van der Waals surface area contributed by atoms with Gasteiger partial charge in [-0.3, -0.25) is 0 Å². The minimum absolute atomic E-state index is 0.0703. The Morgan fingerprint density at radius 3 is 1.54 bits per heavy atom. The normalized spacial score (nSPS) is 14.0. The maximum absolute atomic E-state index is 9.14. The van der Waals surface area contributed by atoms with Crippen LogP contribution in [0, 0.1) is 0 Å². The van der Waals surface area contributed by atoms with Gasteiger partial charge in [-0.1, -0.05) is 25.3 Å². The number of rotatable bonds is 6. The van der Waals surface area contributed by atoms with Gasteiger partial charge >= 0.3 is 0 Å². The summed E-state index contributed by atoms with van der Waals surface area (Å²) < 4.78 is 4.92. The van der Waals surface area contributed by atoms with Crippen LogP contribution < -0.4 is 0 Å². The van der Waals surface area contributed by atoms with Crippen molar-refractivity contribution in [1.29, 1.82) is 0 Å². The second kappa shape index (κ2) is 5.35. The molecule has 0 aliphatic carbocycles. The Kier molecular flexibility index (Phi) is 4.80. The first-order valence-electron chi connectivity index (χ1n) is 3.69. The molecule has 0 saturated carbocycles. The molecule has 0 amide bonds. The van der Waals surface area contributed by atoms with Crippen molar-refractivity contribution >= 4 is 0 Å². The summed E-state index contributed by atoms with van der Waals surface area (Å²) in [6, 6.07) is 0. The lowest BCUT2D eigenvalue weighted by molar-refractivity contribution is 0.126. The summed E-state index contributed by atoms with van der Waals surface area (Å²) >= 11 is 0. The van der Waals surface area contributed by atoms with Crippen molar-refractivity contribution in [1.82, 2.24) is 0 Å². The van der Waals surface area contributed by atoms with Crippen LogP contribution >= 0.6 is 0 Å². The Bertz CT molecular complexity index is 206. The minimum Gasteiger partial charge on any atom is -0.461 e. The van der Waals surface area contributed by atoms with Gasteiger partial charge in [0.1, 0.15) is 23.7 Å². The Morgan fingerprint density at radius 1 is 1.00 bits per heavy atom. The van der Waals surface area contributed by atoms with E-state index in [9.17, 15) is 0 Å². The smallest absolute Gasteiger partial charge is 0.129 e. The van der Waals surface area contributed by atoms with Gasteiger partial charge in [0.25, 0.3) is 0 Å². The highest BCUT2D eigenvalue weighted by atomic mass is 16.5. The zero-order chi connectivity index (χ0) is 10.4. The average Bonchev–Trinajstić information content (AvgIpc) is 2.14. The van der Waals surface area contributed by atoms with Crippen molar-refractivity contribution in [3.63, 3.8) is 0 Å². The molecule has 2 atom stereocenters. The highest BCUT2D eigenvalue weighted by Gasteiger charge is 2.10. The molecule has 3 heteroatoms. The number of hydrogen-bond acceptors (Lipinski definition) is 3. The van der Waals surface area contributed by atoms with Gasteiger partial charge in [-0.2, -0.15) is 0 Å². The van der Waals surface area contributed by atoms with Crippen LogP contribution in [0.15, 0.2) is 50.0 Å². The SMILES string of the molecule is C=CC(O)C(=C)OC(=C)C(O)C=C. The summed E-state index contributed by atoms with van der Waals surface area (Å²) in [5.74, 6) is 0.141. The van der Waals surface area contributed by atoms with Crippen molar-refractivity contribution in [2.24, 2.45) is 0 Å². The molecule has 0 aromatic heterocycles. The van der Waals surface area contributed by atoms with Crippen molar-refractivity contribution in [3.8, 4) is 0 Å². The van der Waals surface area contributed by atoms with E-state index in [4.69, 9.17) is 14.9 Å². The lowest BCUT2D eigenvalue weighted by atomic mass is 10.3. The van der Waals surface area contributed by atoms with Gasteiger partial charge < -0.3 is 14.9 Å². The molecule has 0 bridgehead atoms. The summed E-state index contributed by atoms with van der Waals surface area (Å²) in [6.07, 6.45) is 0.591. The number of aliphatic hydroxyl groups excluding tert-OH is 2. The summed E-state index contributed by atoms with van der Waals surface area (Å²) in [5, 5.41) is 18.3. The molecular weight excluding hydrogens is 168 g/mol. The zero-order valence-corrected chi connectivity index (χ0v) is 7.44. The fourth-order valence-corrected chi connectivity index (χ4v) is 0.552. The molecule has 0 saturated heterocycles. The van der Waals surface area contributed by atoms with Crippen LogP contribution in [0.4, 0.5) is 0 Å². The molecule has 2 N–H and O–H groups in total. The van der Waals surface area contributed by atoms with E-state index in [0.29, 0.717) is 0 Å². The van der Waals surface area contributed by atoms with E-state index in [-0.39, 0.29) is 11.5 Å². The summed E-state index contributed by atoms with van der Waals surface area (Å²) in [6.45, 7) is 13.6. The van der Waals surface area contributed by atoms with Gasteiger partial charge in [-0.15, -0.1) is 13.2 Å². The van der Waals surface area contributed by atoms with Crippen molar-refractivity contribution in [2.45, 2.75) is 12.2 Å². The predicted octanol–water partition coefficient (Wildman–Crippen LogP) is 1.12. The molecular formula is C10H14O3. The van der Waals surface area contributed by atoms with E-state index in [2.05, 4.69) is 26.3 Å². The molecule has 0 radical (unpaired) electrons. The monoisotopic (exact) mass is 182 g/mol. The Hall–Kier alpha value is -1.32. The van der Waals surface area contributed by atoms with Crippen LogP contribution in [0.5, 0.6) is 0 Å². The van der Waals surface area contributed by atoms with Gasteiger partial charge in [0.15, 0.2) is 0 Å². The van der Waals surface area contributed by atoms with Crippen LogP contribution in [-0.2, 0) is 4.74 Å². The first-order valence-corrected chi connectivity index (χ1v) is 3.69. The highest BCUT2D eigenvalue weighted by molar-refractivity contribution is 5.09. The van der Waals surface area contributed by atoms with E-state index >= 15 is 0 Å². The Balaban J connectivity index is 4.13. The van der Waals surface area contributed by atoms with Gasteiger partial charge in [-0.05, 0) is 0 Å². The minimum atomic E-state index is -0.964. The third kappa shape index (κ3) is 3.73. The maximum atomic E-state index is 9.14. The van der Waals surface area contributed by atoms with Crippen LogP contribution in [0.3, 0.4) is 0 Å². The van der Waals surface area contributed by atoms with Crippen molar-refractivity contribution < 1.29 is 14.9 Å². The maximum Gasteiger partial charge on any atom is 0.129 e. The first-order chi connectivity index (χ1) is 6.02. The molecule has 3 nitrogen and oxygen atoms in total. The lowest BCUT2D eigenvalue weighted by Gasteiger charge is -2.15. The molecule has 0 heterocycles. The third-order valence-corrected chi connectivity index (χ3v) is 1.37. The van der Waals surface area contributed by atoms with E-state index < -0.39 is 12.2 Å². The van der Waals surface area contributed by atoms with Crippen molar-refractivity contribution in [3.05, 3.63) is 50.0 Å². The zero-order valence-electron chi connectivity index (χ0n) is 7.44. The largest absolute Gasteiger partial charge is 0.461 e. The van der Waals surface area contributed by atoms with Crippen LogP contribution in [0.1, 0.15) is 0 Å². The highest BCUT2D eigenvalue weighted by Crippen LogP contribution is 2.11. The van der Waals surface area contributed by atoms with E-state index in [1.165, 1.54) is 12.2 Å². The number of hydrogen-bond donors (Lipinski definition) is 2. The van der Waals surface area contributed by atoms with Gasteiger partial charge in [-0.25, -0.2) is 0 Å². The fourth-order valence-electron chi connectivity index (χ4n) is 0.552. The molecule has 0 aliphatic rings. The molecule has 13 heavy (non-hydrogen) atoms. The molecule has 0 aromatic rings. The van der Waals surface area contributed by atoms with Crippen LogP contribution in [0.25, 0.3) is 0 Å². The molecule has 72 valence electrons. The molecule has 2 unspecified atom stereocenters. The third-order valence-electron chi connectivity index (χ3n) is 1.37. The summed E-state index contributed by atoms with van der Waals surface area (Å²) in [7, 11) is 0. The molecule has 0 rings (SSSR count). The predicted molar refractivity (Wildman–Crippen MR) is 51.8 cm³/mol. The van der Waals surface area contributed by atoms with E-state index in [0.717, 1.165) is 0 Å². The topological polar surface area (TPSA) is 49.7 Å². The fraction of sp³-hybridized carbons (Fsp3) is 0.200. The van der Waals surface area contributed by atoms with E-state index in [1.807, 2.05) is 0 Å². The van der Waals surface area contributed by atoms with E-state index in [1.54, 1.807) is 0 Å². The molecule has 0 aliphatic heterocycles. The first kappa shape index (κ1) is 11.7. The molecule has 0 aromatic carbocycles. The van der Waals surface area contributed by atoms with Gasteiger partial charge in [0.2, 0.25) is 0 Å². The summed E-state index contributed by atoms with van der Waals surface area (Å²) in [4.78, 5) is 0. The van der Waals surface area contributed by atoms with Crippen molar-refractivity contribution in [2.75, 3.05) is 0 Å². The molecule has 0 spiro atoms. The lowest BCUT2D eigenvalue weighted by Crippen LogP contribution is -2.13. The Labute approximate surface area is 78.0 Å². The number of ether oxygens (including phenoxy) is 1. The average molecular weight is 182 g/mol. The molecule has 0 fully saturated rings. The quantitative estimate of drug-likeness (QED) is 0.478. The Morgan fingerprint density at radius 2 is 1.31 bits per heavy atom. The van der Waals surface area contributed by atoms with Gasteiger partial charge in [0.05, 0.1) is 0 Å². The van der Waals surface area contributed by atoms with Crippen LogP contribution in [-0.4, -0.2) is 22.4 Å². The second-order valence-corrected chi connectivity index (χ2v) is 2.40. The standard InChI is InChI=1S/C10H14O3/c1-5-9(11)7(3)13-8(4)10(12)6-2/h5-6,9-12H,1-4H2. The second-order valence-electron chi connectivity index (χ2n) is 2.40. The summed E-state index contributed by atoms with van der Waals surface area (Å²) in [5.41, 5.74) is 0. The van der Waals surface area contributed by atoms with Gasteiger partial charge in [0, 0.05) is 0 Å². The number of aliphatic hydroxyl groups is 2. The van der Waals surface area contributed by atoms with Crippen LogP contribution in [0.2, 0.25) is 0 Å².